The van der Waals surface area contributed by atoms with E-state index in [0.29, 0.717) is 6.04 Å². The van der Waals surface area contributed by atoms with E-state index in [4.69, 9.17) is 4.74 Å². The molecular weight excluding hydrogens is 453 g/mol. The van der Waals surface area contributed by atoms with E-state index in [1.807, 2.05) is 19.2 Å². The van der Waals surface area contributed by atoms with Crippen molar-refractivity contribution in [3.05, 3.63) is 24.3 Å². The van der Waals surface area contributed by atoms with Crippen molar-refractivity contribution in [2.24, 2.45) is 4.99 Å². The van der Waals surface area contributed by atoms with Crippen molar-refractivity contribution >= 4 is 35.6 Å². The minimum atomic E-state index is 0. The number of ether oxygens (including phenoxy) is 1. The molecule has 0 spiro atoms. The van der Waals surface area contributed by atoms with Crippen LogP contribution in [-0.4, -0.2) is 70.3 Å². The Morgan fingerprint density at radius 1 is 1.30 bits per heavy atom. The summed E-state index contributed by atoms with van der Waals surface area (Å²) in [6, 6.07) is 8.62. The summed E-state index contributed by atoms with van der Waals surface area (Å²) >= 11 is 0. The summed E-state index contributed by atoms with van der Waals surface area (Å²) in [5, 5.41) is 7.02. The van der Waals surface area contributed by atoms with Crippen LogP contribution in [0.2, 0.25) is 0 Å². The molecule has 1 saturated heterocycles. The van der Waals surface area contributed by atoms with E-state index in [2.05, 4.69) is 51.4 Å². The first-order chi connectivity index (χ1) is 12.7. The molecule has 0 bridgehead atoms. The molecule has 154 valence electrons. The van der Waals surface area contributed by atoms with Crippen LogP contribution in [0.4, 0.5) is 5.69 Å². The van der Waals surface area contributed by atoms with Gasteiger partial charge in [-0.3, -0.25) is 4.99 Å². The molecule has 1 aliphatic rings. The number of halogens is 1. The Labute approximate surface area is 181 Å². The highest BCUT2D eigenvalue weighted by molar-refractivity contribution is 14.0. The zero-order valence-corrected chi connectivity index (χ0v) is 19.5. The van der Waals surface area contributed by atoms with Crippen LogP contribution < -0.4 is 20.3 Å². The summed E-state index contributed by atoms with van der Waals surface area (Å²) in [7, 11) is 3.57. The SMILES string of the molecule is CCCN(CC)CCNC(=NC)NC1CCN(c2ccccc2OC)C1.I. The molecule has 2 N–H and O–H groups in total. The molecule has 1 aromatic rings. The zero-order chi connectivity index (χ0) is 18.8. The predicted molar refractivity (Wildman–Crippen MR) is 126 cm³/mol. The number of nitrogens with zero attached hydrogens (tertiary/aromatic N) is 3. The molecule has 1 atom stereocenters. The van der Waals surface area contributed by atoms with E-state index >= 15 is 0 Å². The number of para-hydroxylation sites is 2. The van der Waals surface area contributed by atoms with Crippen molar-refractivity contribution in [3.8, 4) is 5.75 Å². The van der Waals surface area contributed by atoms with E-state index in [9.17, 15) is 0 Å². The molecule has 1 aliphatic heterocycles. The smallest absolute Gasteiger partial charge is 0.191 e. The van der Waals surface area contributed by atoms with Crippen LogP contribution in [-0.2, 0) is 0 Å². The third-order valence-corrected chi connectivity index (χ3v) is 4.89. The van der Waals surface area contributed by atoms with Gasteiger partial charge in [-0.25, -0.2) is 0 Å². The third-order valence-electron chi connectivity index (χ3n) is 4.89. The Morgan fingerprint density at radius 3 is 2.74 bits per heavy atom. The van der Waals surface area contributed by atoms with Gasteiger partial charge in [0.05, 0.1) is 12.8 Å². The number of guanidine groups is 1. The monoisotopic (exact) mass is 489 g/mol. The fraction of sp³-hybridized carbons (Fsp3) is 0.650. The summed E-state index contributed by atoms with van der Waals surface area (Å²) in [6.07, 6.45) is 2.29. The van der Waals surface area contributed by atoms with E-state index in [-0.39, 0.29) is 24.0 Å². The number of hydrogen-bond acceptors (Lipinski definition) is 4. The lowest BCUT2D eigenvalue weighted by Crippen LogP contribution is -2.46. The van der Waals surface area contributed by atoms with Gasteiger partial charge in [0.2, 0.25) is 0 Å². The molecule has 6 nitrogen and oxygen atoms in total. The maximum atomic E-state index is 5.50. The second kappa shape index (κ2) is 13.0. The summed E-state index contributed by atoms with van der Waals surface area (Å²) in [5.41, 5.74) is 1.17. The van der Waals surface area contributed by atoms with Crippen molar-refractivity contribution in [2.75, 3.05) is 58.3 Å². The minimum Gasteiger partial charge on any atom is -0.495 e. The normalized spacial score (nSPS) is 17.0. The van der Waals surface area contributed by atoms with Crippen LogP contribution in [0.1, 0.15) is 26.7 Å². The number of benzene rings is 1. The molecule has 0 amide bonds. The Balaban J connectivity index is 0.00000364. The van der Waals surface area contributed by atoms with Crippen LogP contribution >= 0.6 is 24.0 Å². The fourth-order valence-corrected chi connectivity index (χ4v) is 3.45. The number of rotatable bonds is 9. The largest absolute Gasteiger partial charge is 0.495 e. The van der Waals surface area contributed by atoms with Crippen molar-refractivity contribution < 1.29 is 4.74 Å². The molecule has 1 unspecified atom stereocenters. The van der Waals surface area contributed by atoms with Gasteiger partial charge in [0.1, 0.15) is 5.75 Å². The maximum Gasteiger partial charge on any atom is 0.191 e. The number of likely N-dealkylation sites (N-methyl/N-ethyl adjacent to an activating group) is 1. The average Bonchev–Trinajstić information content (AvgIpc) is 3.14. The lowest BCUT2D eigenvalue weighted by atomic mass is 10.2. The molecule has 27 heavy (non-hydrogen) atoms. The summed E-state index contributed by atoms with van der Waals surface area (Å²) < 4.78 is 5.50. The van der Waals surface area contributed by atoms with Gasteiger partial charge in [-0.2, -0.15) is 0 Å². The first-order valence-electron chi connectivity index (χ1n) is 9.79. The molecule has 1 fully saturated rings. The summed E-state index contributed by atoms with van der Waals surface area (Å²) in [4.78, 5) is 9.22. The molecule has 1 heterocycles. The van der Waals surface area contributed by atoms with E-state index in [1.165, 1.54) is 12.1 Å². The van der Waals surface area contributed by atoms with Crippen LogP contribution in [0, 0.1) is 0 Å². The van der Waals surface area contributed by atoms with Gasteiger partial charge in [-0.05, 0) is 38.1 Å². The highest BCUT2D eigenvalue weighted by atomic mass is 127. The van der Waals surface area contributed by atoms with Crippen molar-refractivity contribution in [1.29, 1.82) is 0 Å². The lowest BCUT2D eigenvalue weighted by Gasteiger charge is -2.23. The number of methoxy groups -OCH3 is 1. The van der Waals surface area contributed by atoms with Gasteiger partial charge in [0.15, 0.2) is 5.96 Å². The number of nitrogens with one attached hydrogen (secondary N) is 2. The van der Waals surface area contributed by atoms with E-state index in [1.54, 1.807) is 7.11 Å². The zero-order valence-electron chi connectivity index (χ0n) is 17.2. The van der Waals surface area contributed by atoms with Gasteiger partial charge in [-0.1, -0.05) is 26.0 Å². The van der Waals surface area contributed by atoms with Crippen LogP contribution in [0.15, 0.2) is 29.3 Å². The van der Waals surface area contributed by atoms with Gasteiger partial charge in [0, 0.05) is 39.3 Å². The second-order valence-electron chi connectivity index (χ2n) is 6.68. The summed E-state index contributed by atoms with van der Waals surface area (Å²) in [5.74, 6) is 1.83. The average molecular weight is 489 g/mol. The fourth-order valence-electron chi connectivity index (χ4n) is 3.45. The van der Waals surface area contributed by atoms with E-state index < -0.39 is 0 Å². The molecule has 2 rings (SSSR count). The summed E-state index contributed by atoms with van der Waals surface area (Å²) in [6.45, 7) is 10.6. The Hall–Kier alpha value is -1.22. The van der Waals surface area contributed by atoms with Crippen LogP contribution in [0.25, 0.3) is 0 Å². The van der Waals surface area contributed by atoms with Crippen LogP contribution in [0.5, 0.6) is 5.75 Å². The van der Waals surface area contributed by atoms with E-state index in [0.717, 1.165) is 57.4 Å². The van der Waals surface area contributed by atoms with Crippen molar-refractivity contribution in [2.45, 2.75) is 32.7 Å². The predicted octanol–water partition coefficient (Wildman–Crippen LogP) is 2.79. The Morgan fingerprint density at radius 2 is 2.07 bits per heavy atom. The Bertz CT molecular complexity index is 569. The molecule has 0 radical (unpaired) electrons. The molecular formula is C20H36IN5O. The highest BCUT2D eigenvalue weighted by Crippen LogP contribution is 2.30. The third kappa shape index (κ3) is 7.37. The number of anilines is 1. The topological polar surface area (TPSA) is 52.1 Å². The van der Waals surface area contributed by atoms with Gasteiger partial charge >= 0.3 is 0 Å². The first kappa shape index (κ1) is 23.8. The lowest BCUT2D eigenvalue weighted by molar-refractivity contribution is 0.293. The van der Waals surface area contributed by atoms with Crippen molar-refractivity contribution in [1.82, 2.24) is 15.5 Å². The van der Waals surface area contributed by atoms with Gasteiger partial charge in [0.25, 0.3) is 0 Å². The van der Waals surface area contributed by atoms with Gasteiger partial charge < -0.3 is 25.2 Å². The first-order valence-corrected chi connectivity index (χ1v) is 9.79. The highest BCUT2D eigenvalue weighted by Gasteiger charge is 2.25. The number of hydrogen-bond donors (Lipinski definition) is 2. The second-order valence-corrected chi connectivity index (χ2v) is 6.68. The molecule has 0 saturated carbocycles. The number of aliphatic imine (C=N–C) groups is 1. The Kier molecular flexibility index (Phi) is 11.5. The molecule has 0 aliphatic carbocycles. The molecule has 1 aromatic carbocycles. The molecule has 7 heteroatoms. The quantitative estimate of drug-likeness (QED) is 0.318. The van der Waals surface area contributed by atoms with Crippen LogP contribution in [0.3, 0.4) is 0 Å². The maximum absolute atomic E-state index is 5.50. The van der Waals surface area contributed by atoms with Gasteiger partial charge in [-0.15, -0.1) is 24.0 Å². The van der Waals surface area contributed by atoms with Crippen molar-refractivity contribution in [3.63, 3.8) is 0 Å². The standard InChI is InChI=1S/C20H35N5O.HI/c1-5-13-24(6-2)15-12-22-20(21-3)23-17-11-14-25(16-17)18-9-7-8-10-19(18)26-4;/h7-10,17H,5-6,11-16H2,1-4H3,(H2,21,22,23);1H. The minimum absolute atomic E-state index is 0. The molecule has 0 aromatic heterocycles.